The Bertz CT molecular complexity index is 109. The minimum Gasteiger partial charge on any atom is -0.300 e. The predicted molar refractivity (Wildman–Crippen MR) is 55.3 cm³/mol. The van der Waals surface area contributed by atoms with Gasteiger partial charge in [-0.05, 0) is 18.8 Å². The van der Waals surface area contributed by atoms with Crippen LogP contribution < -0.4 is 0 Å². The summed E-state index contributed by atoms with van der Waals surface area (Å²) < 4.78 is 0. The minimum absolute atomic E-state index is 0.255. The molecule has 0 radical (unpaired) electrons. The fraction of sp³-hybridized carbons (Fsp3) is 0.909. The van der Waals surface area contributed by atoms with Crippen LogP contribution in [0, 0.1) is 5.41 Å². The zero-order chi connectivity index (χ0) is 10.2. The molecule has 74 valence electrons. The van der Waals surface area contributed by atoms with Crippen molar-refractivity contribution in [2.24, 2.45) is 5.41 Å². The Balaban J connectivity index is 0. The van der Waals surface area contributed by atoms with Crippen LogP contribution >= 0.6 is 0 Å². The van der Waals surface area contributed by atoms with Crippen molar-refractivity contribution >= 4 is 5.78 Å². The number of rotatable bonds is 2. The van der Waals surface area contributed by atoms with Gasteiger partial charge in [0, 0.05) is 6.42 Å². The maximum absolute atomic E-state index is 9.81. The van der Waals surface area contributed by atoms with Crippen molar-refractivity contribution in [1.82, 2.24) is 0 Å². The highest BCUT2D eigenvalue weighted by molar-refractivity contribution is 5.74. The standard InChI is InChI=1S/C7H16.C4H8O/c1-5-6-7(2,3)4;1-3-4(2)5/h5-6H2,1-4H3;3H2,1-2H3. The van der Waals surface area contributed by atoms with E-state index in [0.29, 0.717) is 11.8 Å². The molecule has 0 aliphatic carbocycles. The highest BCUT2D eigenvalue weighted by Crippen LogP contribution is 2.19. The first-order valence-corrected chi connectivity index (χ1v) is 4.83. The van der Waals surface area contributed by atoms with Gasteiger partial charge in [-0.1, -0.05) is 41.0 Å². The number of ketones is 1. The van der Waals surface area contributed by atoms with Crippen molar-refractivity contribution < 1.29 is 4.79 Å². The predicted octanol–water partition coefficient (Wildman–Crippen LogP) is 3.82. The van der Waals surface area contributed by atoms with E-state index in [1.54, 1.807) is 6.92 Å². The number of hydrogen-bond donors (Lipinski definition) is 0. The molecule has 0 atom stereocenters. The number of hydrogen-bond acceptors (Lipinski definition) is 1. The molecule has 1 heteroatoms. The topological polar surface area (TPSA) is 17.1 Å². The lowest BCUT2D eigenvalue weighted by Crippen LogP contribution is -2.02. The molecule has 0 aromatic carbocycles. The van der Waals surface area contributed by atoms with Crippen molar-refractivity contribution in [2.75, 3.05) is 0 Å². The normalized spacial score (nSPS) is 10.2. The minimum atomic E-state index is 0.255. The molecular weight excluding hydrogens is 148 g/mol. The van der Waals surface area contributed by atoms with Crippen LogP contribution in [0.3, 0.4) is 0 Å². The molecule has 0 amide bonds. The van der Waals surface area contributed by atoms with E-state index in [1.165, 1.54) is 12.8 Å². The molecule has 0 aliphatic rings. The van der Waals surface area contributed by atoms with E-state index in [9.17, 15) is 4.79 Å². The second-order valence-electron chi connectivity index (χ2n) is 4.37. The summed E-state index contributed by atoms with van der Waals surface area (Å²) >= 11 is 0. The maximum atomic E-state index is 9.81. The summed E-state index contributed by atoms with van der Waals surface area (Å²) in [5, 5.41) is 0. The summed E-state index contributed by atoms with van der Waals surface area (Å²) in [7, 11) is 0. The smallest absolute Gasteiger partial charge is 0.129 e. The highest BCUT2D eigenvalue weighted by atomic mass is 16.1. The summed E-state index contributed by atoms with van der Waals surface area (Å²) in [6, 6.07) is 0. The zero-order valence-corrected chi connectivity index (χ0v) is 9.53. The van der Waals surface area contributed by atoms with Gasteiger partial charge < -0.3 is 4.79 Å². The van der Waals surface area contributed by atoms with Crippen molar-refractivity contribution in [3.8, 4) is 0 Å². The second-order valence-corrected chi connectivity index (χ2v) is 4.37. The Kier molecular flexibility index (Phi) is 8.67. The van der Waals surface area contributed by atoms with Gasteiger partial charge in [0.25, 0.3) is 0 Å². The summed E-state index contributed by atoms with van der Waals surface area (Å²) in [5.41, 5.74) is 0.550. The number of carbonyl (C=O) groups excluding carboxylic acids is 1. The fourth-order valence-electron chi connectivity index (χ4n) is 0.750. The van der Waals surface area contributed by atoms with Crippen molar-refractivity contribution in [1.29, 1.82) is 0 Å². The van der Waals surface area contributed by atoms with E-state index >= 15 is 0 Å². The maximum Gasteiger partial charge on any atom is 0.129 e. The first-order valence-electron chi connectivity index (χ1n) is 4.83. The van der Waals surface area contributed by atoms with Gasteiger partial charge in [0.2, 0.25) is 0 Å². The lowest BCUT2D eigenvalue weighted by atomic mass is 9.91. The molecule has 0 fully saturated rings. The highest BCUT2D eigenvalue weighted by Gasteiger charge is 2.06. The van der Waals surface area contributed by atoms with Crippen LogP contribution in [0.1, 0.15) is 60.8 Å². The second kappa shape index (κ2) is 7.33. The van der Waals surface area contributed by atoms with Crippen molar-refractivity contribution in [2.45, 2.75) is 60.8 Å². The Hall–Kier alpha value is -0.330. The summed E-state index contributed by atoms with van der Waals surface area (Å²) in [5.74, 6) is 0.255. The first kappa shape index (κ1) is 14.2. The van der Waals surface area contributed by atoms with E-state index in [0.717, 1.165) is 0 Å². The molecule has 0 saturated heterocycles. The molecule has 12 heavy (non-hydrogen) atoms. The van der Waals surface area contributed by atoms with Gasteiger partial charge in [0.05, 0.1) is 0 Å². The molecule has 0 aliphatic heterocycles. The average molecular weight is 172 g/mol. The van der Waals surface area contributed by atoms with Gasteiger partial charge in [-0.3, -0.25) is 0 Å². The largest absolute Gasteiger partial charge is 0.300 e. The Morgan fingerprint density at radius 2 is 1.50 bits per heavy atom. The summed E-state index contributed by atoms with van der Waals surface area (Å²) in [6.07, 6.45) is 3.32. The van der Waals surface area contributed by atoms with E-state index in [2.05, 4.69) is 27.7 Å². The monoisotopic (exact) mass is 172 g/mol. The third-order valence-electron chi connectivity index (χ3n) is 1.50. The Morgan fingerprint density at radius 1 is 1.17 bits per heavy atom. The molecule has 0 unspecified atom stereocenters. The van der Waals surface area contributed by atoms with Crippen LogP contribution in [-0.4, -0.2) is 5.78 Å². The fourth-order valence-corrected chi connectivity index (χ4v) is 0.750. The van der Waals surface area contributed by atoms with Gasteiger partial charge in [-0.25, -0.2) is 0 Å². The van der Waals surface area contributed by atoms with Gasteiger partial charge in [0.15, 0.2) is 0 Å². The Labute approximate surface area is 77.6 Å². The van der Waals surface area contributed by atoms with Crippen molar-refractivity contribution in [3.63, 3.8) is 0 Å². The van der Waals surface area contributed by atoms with Crippen LogP contribution in [-0.2, 0) is 4.79 Å². The summed E-state index contributed by atoms with van der Waals surface area (Å²) in [6.45, 7) is 12.5. The summed E-state index contributed by atoms with van der Waals surface area (Å²) in [4.78, 5) is 9.81. The van der Waals surface area contributed by atoms with E-state index in [1.807, 2.05) is 6.92 Å². The molecule has 0 heterocycles. The van der Waals surface area contributed by atoms with Crippen LogP contribution in [0.5, 0.6) is 0 Å². The van der Waals surface area contributed by atoms with Crippen LogP contribution in [0.25, 0.3) is 0 Å². The van der Waals surface area contributed by atoms with E-state index in [-0.39, 0.29) is 5.78 Å². The van der Waals surface area contributed by atoms with Gasteiger partial charge in [-0.15, -0.1) is 0 Å². The molecule has 0 N–H and O–H groups in total. The number of carbonyl (C=O) groups is 1. The quantitative estimate of drug-likeness (QED) is 0.619. The van der Waals surface area contributed by atoms with Gasteiger partial charge in [-0.2, -0.15) is 0 Å². The number of Topliss-reactive ketones (excluding diaryl/α,β-unsaturated/α-hetero) is 1. The molecule has 1 nitrogen and oxygen atoms in total. The van der Waals surface area contributed by atoms with Gasteiger partial charge >= 0.3 is 0 Å². The third-order valence-corrected chi connectivity index (χ3v) is 1.50. The SMILES string of the molecule is CCC(C)=O.CCCC(C)(C)C. The molecule has 0 aromatic rings. The lowest BCUT2D eigenvalue weighted by Gasteiger charge is -2.15. The molecule has 0 bridgehead atoms. The molecule has 0 rings (SSSR count). The zero-order valence-electron chi connectivity index (χ0n) is 9.53. The Morgan fingerprint density at radius 3 is 1.50 bits per heavy atom. The molecule has 0 spiro atoms. The lowest BCUT2D eigenvalue weighted by molar-refractivity contribution is -0.116. The first-order chi connectivity index (χ1) is 5.33. The third kappa shape index (κ3) is 22.6. The van der Waals surface area contributed by atoms with E-state index < -0.39 is 0 Å². The molecule has 0 aromatic heterocycles. The van der Waals surface area contributed by atoms with E-state index in [4.69, 9.17) is 0 Å². The van der Waals surface area contributed by atoms with Gasteiger partial charge in [0.1, 0.15) is 5.78 Å². The molecular formula is C11H24O. The van der Waals surface area contributed by atoms with Crippen LogP contribution in [0.4, 0.5) is 0 Å². The average Bonchev–Trinajstić information content (AvgIpc) is 1.86. The molecule has 0 saturated carbocycles. The van der Waals surface area contributed by atoms with Crippen LogP contribution in [0.15, 0.2) is 0 Å². The van der Waals surface area contributed by atoms with Crippen LogP contribution in [0.2, 0.25) is 0 Å². The van der Waals surface area contributed by atoms with Crippen molar-refractivity contribution in [3.05, 3.63) is 0 Å².